The number of amides is 2. The van der Waals surface area contributed by atoms with Gasteiger partial charge >= 0.3 is 0 Å². The molecule has 1 aromatic carbocycles. The van der Waals surface area contributed by atoms with E-state index in [4.69, 9.17) is 9.15 Å². The zero-order valence-electron chi connectivity index (χ0n) is 14.9. The molecule has 146 valence electrons. The minimum absolute atomic E-state index is 0. The number of anilines is 1. The molecule has 27 heavy (non-hydrogen) atoms. The molecule has 3 rings (SSSR count). The van der Waals surface area contributed by atoms with Crippen molar-refractivity contribution in [1.82, 2.24) is 10.6 Å². The van der Waals surface area contributed by atoms with E-state index in [9.17, 15) is 9.59 Å². The Hall–Kier alpha value is -2.51. The largest absolute Gasteiger partial charge is 0.484 e. The third-order valence-corrected chi connectivity index (χ3v) is 4.19. The number of benzene rings is 1. The molecule has 1 aliphatic rings. The number of carbonyl (C=O) groups excluding carboxylic acids is 2. The molecule has 0 bridgehead atoms. The third-order valence-electron chi connectivity index (χ3n) is 4.19. The molecule has 8 heteroatoms. The summed E-state index contributed by atoms with van der Waals surface area (Å²) in [4.78, 5) is 23.9. The van der Waals surface area contributed by atoms with Gasteiger partial charge in [-0.3, -0.25) is 9.59 Å². The first-order chi connectivity index (χ1) is 12.7. The predicted molar refractivity (Wildman–Crippen MR) is 104 cm³/mol. The summed E-state index contributed by atoms with van der Waals surface area (Å²) in [5.41, 5.74) is 0.567. The van der Waals surface area contributed by atoms with Crippen LogP contribution < -0.4 is 20.7 Å². The van der Waals surface area contributed by atoms with Gasteiger partial charge in [-0.25, -0.2) is 0 Å². The Kier molecular flexibility index (Phi) is 8.16. The van der Waals surface area contributed by atoms with Crippen LogP contribution in [0.5, 0.6) is 5.75 Å². The fourth-order valence-electron chi connectivity index (χ4n) is 2.82. The number of furan rings is 1. The van der Waals surface area contributed by atoms with Crippen LogP contribution in [0.2, 0.25) is 0 Å². The van der Waals surface area contributed by atoms with Crippen molar-refractivity contribution < 1.29 is 18.7 Å². The fraction of sp³-hybridized carbons (Fsp3) is 0.368. The Morgan fingerprint density at radius 3 is 2.89 bits per heavy atom. The van der Waals surface area contributed by atoms with E-state index < -0.39 is 0 Å². The summed E-state index contributed by atoms with van der Waals surface area (Å²) >= 11 is 0. The highest BCUT2D eigenvalue weighted by atomic mass is 35.5. The van der Waals surface area contributed by atoms with Crippen molar-refractivity contribution >= 4 is 29.9 Å². The molecule has 1 fully saturated rings. The number of rotatable bonds is 7. The quantitative estimate of drug-likeness (QED) is 0.672. The maximum Gasteiger partial charge on any atom is 0.291 e. The molecule has 1 aromatic heterocycles. The van der Waals surface area contributed by atoms with Gasteiger partial charge in [0.25, 0.3) is 11.8 Å². The van der Waals surface area contributed by atoms with Gasteiger partial charge in [0.05, 0.1) is 6.26 Å². The van der Waals surface area contributed by atoms with Gasteiger partial charge in [-0.2, -0.15) is 0 Å². The lowest BCUT2D eigenvalue weighted by molar-refractivity contribution is -0.123. The van der Waals surface area contributed by atoms with E-state index in [0.29, 0.717) is 23.9 Å². The molecule has 0 spiro atoms. The van der Waals surface area contributed by atoms with Gasteiger partial charge in [-0.1, -0.05) is 6.07 Å². The minimum Gasteiger partial charge on any atom is -0.484 e. The van der Waals surface area contributed by atoms with Crippen LogP contribution in [0.4, 0.5) is 5.69 Å². The summed E-state index contributed by atoms with van der Waals surface area (Å²) in [6, 6.07) is 10.1. The van der Waals surface area contributed by atoms with E-state index in [1.165, 1.54) is 6.26 Å². The number of halogens is 1. The summed E-state index contributed by atoms with van der Waals surface area (Å²) in [6.45, 7) is 2.60. The number of carbonyl (C=O) groups is 2. The molecule has 0 aliphatic carbocycles. The predicted octanol–water partition coefficient (Wildman–Crippen LogP) is 2.45. The monoisotopic (exact) mass is 393 g/mol. The number of nitrogens with one attached hydrogen (secondary N) is 3. The molecule has 2 aromatic rings. The molecule has 7 nitrogen and oxygen atoms in total. The molecular weight excluding hydrogens is 370 g/mol. The minimum atomic E-state index is -0.342. The Morgan fingerprint density at radius 1 is 1.26 bits per heavy atom. The number of ether oxygens (including phenoxy) is 1. The first-order valence-electron chi connectivity index (χ1n) is 8.76. The smallest absolute Gasteiger partial charge is 0.291 e. The molecular formula is C19H24ClN3O4. The molecule has 3 N–H and O–H groups in total. The topological polar surface area (TPSA) is 92.6 Å². The summed E-state index contributed by atoms with van der Waals surface area (Å²) < 4.78 is 10.6. The van der Waals surface area contributed by atoms with E-state index in [2.05, 4.69) is 16.0 Å². The fourth-order valence-corrected chi connectivity index (χ4v) is 2.82. The van der Waals surface area contributed by atoms with Crippen LogP contribution in [-0.2, 0) is 4.79 Å². The van der Waals surface area contributed by atoms with Crippen molar-refractivity contribution in [2.45, 2.75) is 12.8 Å². The van der Waals surface area contributed by atoms with Crippen LogP contribution in [0, 0.1) is 5.92 Å². The molecule has 1 aliphatic heterocycles. The second-order valence-electron chi connectivity index (χ2n) is 6.26. The first-order valence-corrected chi connectivity index (χ1v) is 8.76. The van der Waals surface area contributed by atoms with Gasteiger partial charge in [-0.15, -0.1) is 12.4 Å². The molecule has 0 saturated carbocycles. The average Bonchev–Trinajstić information content (AvgIpc) is 3.21. The van der Waals surface area contributed by atoms with Crippen LogP contribution in [0.1, 0.15) is 23.4 Å². The van der Waals surface area contributed by atoms with Crippen molar-refractivity contribution in [3.8, 4) is 5.75 Å². The van der Waals surface area contributed by atoms with Crippen LogP contribution in [0.25, 0.3) is 0 Å². The SMILES string of the molecule is Cl.O=C(COc1cccc(NC(=O)c2ccco2)c1)NCC1CCCNC1. The van der Waals surface area contributed by atoms with Gasteiger partial charge in [0, 0.05) is 18.3 Å². The second-order valence-corrected chi connectivity index (χ2v) is 6.26. The highest BCUT2D eigenvalue weighted by Crippen LogP contribution is 2.18. The van der Waals surface area contributed by atoms with Gasteiger partial charge < -0.3 is 25.1 Å². The lowest BCUT2D eigenvalue weighted by atomic mass is 10.00. The molecule has 1 atom stereocenters. The molecule has 0 radical (unpaired) electrons. The van der Waals surface area contributed by atoms with Crippen LogP contribution in [0.3, 0.4) is 0 Å². The van der Waals surface area contributed by atoms with Crippen LogP contribution in [-0.4, -0.2) is 38.1 Å². The molecule has 1 unspecified atom stereocenters. The van der Waals surface area contributed by atoms with Crippen LogP contribution in [0.15, 0.2) is 47.1 Å². The molecule has 2 heterocycles. The zero-order valence-corrected chi connectivity index (χ0v) is 15.7. The van der Waals surface area contributed by atoms with E-state index in [1.54, 1.807) is 36.4 Å². The van der Waals surface area contributed by atoms with E-state index in [1.807, 2.05) is 0 Å². The normalized spacial score (nSPS) is 16.1. The Morgan fingerprint density at radius 2 is 2.15 bits per heavy atom. The van der Waals surface area contributed by atoms with Crippen molar-refractivity contribution in [3.63, 3.8) is 0 Å². The van der Waals surface area contributed by atoms with Gasteiger partial charge in [0.15, 0.2) is 12.4 Å². The lowest BCUT2D eigenvalue weighted by Crippen LogP contribution is -2.39. The lowest BCUT2D eigenvalue weighted by Gasteiger charge is -2.22. The third kappa shape index (κ3) is 6.62. The first kappa shape index (κ1) is 20.8. The van der Waals surface area contributed by atoms with Crippen LogP contribution >= 0.6 is 12.4 Å². The van der Waals surface area contributed by atoms with Crippen molar-refractivity contribution in [2.24, 2.45) is 5.92 Å². The van der Waals surface area contributed by atoms with E-state index >= 15 is 0 Å². The number of hydrogen-bond donors (Lipinski definition) is 3. The highest BCUT2D eigenvalue weighted by Gasteiger charge is 2.14. The molecule has 2 amide bonds. The summed E-state index contributed by atoms with van der Waals surface area (Å²) in [5, 5.41) is 8.95. The number of hydrogen-bond acceptors (Lipinski definition) is 5. The van der Waals surface area contributed by atoms with Gasteiger partial charge in [-0.05, 0) is 56.1 Å². The van der Waals surface area contributed by atoms with E-state index in [0.717, 1.165) is 25.9 Å². The Bertz CT molecular complexity index is 730. The maximum atomic E-state index is 12.0. The van der Waals surface area contributed by atoms with Gasteiger partial charge in [0.1, 0.15) is 5.75 Å². The standard InChI is InChI=1S/C19H23N3O4.ClH/c23-18(21-12-14-4-2-8-20-11-14)13-26-16-6-1-5-15(10-16)22-19(24)17-7-3-9-25-17;/h1,3,5-7,9-10,14,20H,2,4,8,11-13H2,(H,21,23)(H,22,24);1H. The van der Waals surface area contributed by atoms with Crippen molar-refractivity contribution in [1.29, 1.82) is 0 Å². The maximum absolute atomic E-state index is 12.0. The second kappa shape index (κ2) is 10.6. The molecule has 1 saturated heterocycles. The van der Waals surface area contributed by atoms with E-state index in [-0.39, 0.29) is 36.6 Å². The Balaban J connectivity index is 0.00000261. The number of piperidine rings is 1. The zero-order chi connectivity index (χ0) is 18.2. The van der Waals surface area contributed by atoms with Crippen molar-refractivity contribution in [3.05, 3.63) is 48.4 Å². The Labute approximate surface area is 164 Å². The van der Waals surface area contributed by atoms with Gasteiger partial charge in [0.2, 0.25) is 0 Å². The summed E-state index contributed by atoms with van der Waals surface area (Å²) in [7, 11) is 0. The summed E-state index contributed by atoms with van der Waals surface area (Å²) in [6.07, 6.45) is 3.72. The summed E-state index contributed by atoms with van der Waals surface area (Å²) in [5.74, 6) is 0.726. The highest BCUT2D eigenvalue weighted by molar-refractivity contribution is 6.02. The average molecular weight is 394 g/mol. The van der Waals surface area contributed by atoms with Crippen molar-refractivity contribution in [2.75, 3.05) is 31.6 Å².